The fourth-order valence-corrected chi connectivity index (χ4v) is 2.59. The second-order valence-electron chi connectivity index (χ2n) is 5.48. The molecule has 26 heavy (non-hydrogen) atoms. The molecule has 3 N–H and O–H groups in total. The van der Waals surface area contributed by atoms with Crippen LogP contribution in [0.2, 0.25) is 0 Å². The summed E-state index contributed by atoms with van der Waals surface area (Å²) in [7, 11) is 0. The number of benzene rings is 2. The Kier molecular flexibility index (Phi) is 7.92. The molecule has 0 spiro atoms. The minimum Gasteiger partial charge on any atom is -0.396 e. The summed E-state index contributed by atoms with van der Waals surface area (Å²) in [6.45, 7) is 0.325. The Morgan fingerprint density at radius 3 is 2.38 bits per heavy atom. The number of thioether (sulfide) groups is 1. The molecule has 0 aromatic heterocycles. The fourth-order valence-electron chi connectivity index (χ4n) is 2.19. The van der Waals surface area contributed by atoms with Crippen molar-refractivity contribution in [1.29, 1.82) is 0 Å². The summed E-state index contributed by atoms with van der Waals surface area (Å²) in [5.74, 6) is -0.744. The predicted octanol–water partition coefficient (Wildman–Crippen LogP) is 2.68. The Morgan fingerprint density at radius 1 is 1.08 bits per heavy atom. The van der Waals surface area contributed by atoms with E-state index in [1.165, 1.54) is 0 Å². The SMILES string of the molecule is CSc1ccc(C=C(NC(=O)c2ccccc2)C(=O)NCCCO)cc1. The van der Waals surface area contributed by atoms with E-state index in [4.69, 9.17) is 5.11 Å². The van der Waals surface area contributed by atoms with Gasteiger partial charge in [0, 0.05) is 23.6 Å². The third-order valence-electron chi connectivity index (χ3n) is 3.58. The summed E-state index contributed by atoms with van der Waals surface area (Å²) in [5, 5.41) is 14.2. The lowest BCUT2D eigenvalue weighted by molar-refractivity contribution is -0.117. The van der Waals surface area contributed by atoms with Gasteiger partial charge in [-0.2, -0.15) is 0 Å². The first kappa shape index (κ1) is 19.8. The quantitative estimate of drug-likeness (QED) is 0.379. The predicted molar refractivity (Wildman–Crippen MR) is 105 cm³/mol. The van der Waals surface area contributed by atoms with Gasteiger partial charge in [0.2, 0.25) is 0 Å². The van der Waals surface area contributed by atoms with Gasteiger partial charge in [-0.25, -0.2) is 0 Å². The molecule has 0 aliphatic heterocycles. The number of hydrogen-bond donors (Lipinski definition) is 3. The Hall–Kier alpha value is -2.57. The van der Waals surface area contributed by atoms with Gasteiger partial charge in [-0.3, -0.25) is 9.59 Å². The van der Waals surface area contributed by atoms with Crippen LogP contribution in [-0.4, -0.2) is 36.3 Å². The molecular formula is C20H22N2O3S. The molecule has 0 saturated carbocycles. The number of aliphatic hydroxyl groups is 1. The smallest absolute Gasteiger partial charge is 0.267 e. The van der Waals surface area contributed by atoms with Gasteiger partial charge >= 0.3 is 0 Å². The second kappa shape index (κ2) is 10.4. The molecule has 0 saturated heterocycles. The molecular weight excluding hydrogens is 348 g/mol. The van der Waals surface area contributed by atoms with Crippen LogP contribution in [0.5, 0.6) is 0 Å². The molecule has 0 unspecified atom stereocenters. The van der Waals surface area contributed by atoms with Crippen molar-refractivity contribution in [2.75, 3.05) is 19.4 Å². The Morgan fingerprint density at radius 2 is 1.77 bits per heavy atom. The van der Waals surface area contributed by atoms with Gasteiger partial charge in [-0.05, 0) is 48.6 Å². The van der Waals surface area contributed by atoms with Crippen molar-refractivity contribution in [3.63, 3.8) is 0 Å². The van der Waals surface area contributed by atoms with Gasteiger partial charge in [0.15, 0.2) is 0 Å². The molecule has 2 amide bonds. The first-order chi connectivity index (χ1) is 12.6. The van der Waals surface area contributed by atoms with Gasteiger partial charge < -0.3 is 15.7 Å². The lowest BCUT2D eigenvalue weighted by Crippen LogP contribution is -2.35. The summed E-state index contributed by atoms with van der Waals surface area (Å²) >= 11 is 1.63. The van der Waals surface area contributed by atoms with E-state index in [1.54, 1.807) is 42.1 Å². The van der Waals surface area contributed by atoms with E-state index in [0.717, 1.165) is 10.5 Å². The van der Waals surface area contributed by atoms with Crippen LogP contribution >= 0.6 is 11.8 Å². The summed E-state index contributed by atoms with van der Waals surface area (Å²) in [4.78, 5) is 26.0. The van der Waals surface area contributed by atoms with Crippen molar-refractivity contribution in [3.05, 3.63) is 71.4 Å². The highest BCUT2D eigenvalue weighted by Crippen LogP contribution is 2.16. The Balaban J connectivity index is 2.21. The Bertz CT molecular complexity index is 758. The minimum atomic E-state index is -0.392. The van der Waals surface area contributed by atoms with Crippen molar-refractivity contribution >= 4 is 29.7 Å². The molecule has 2 rings (SSSR count). The maximum Gasteiger partial charge on any atom is 0.267 e. The van der Waals surface area contributed by atoms with E-state index in [2.05, 4.69) is 10.6 Å². The van der Waals surface area contributed by atoms with Gasteiger partial charge in [-0.1, -0.05) is 30.3 Å². The van der Waals surface area contributed by atoms with E-state index in [0.29, 0.717) is 18.5 Å². The fraction of sp³-hybridized carbons (Fsp3) is 0.200. The molecule has 0 atom stereocenters. The molecule has 0 aliphatic carbocycles. The summed E-state index contributed by atoms with van der Waals surface area (Å²) in [6.07, 6.45) is 4.08. The van der Waals surface area contributed by atoms with Crippen molar-refractivity contribution in [2.45, 2.75) is 11.3 Å². The molecule has 136 valence electrons. The number of hydrogen-bond acceptors (Lipinski definition) is 4. The van der Waals surface area contributed by atoms with Crippen LogP contribution < -0.4 is 10.6 Å². The number of rotatable bonds is 8. The molecule has 2 aromatic carbocycles. The molecule has 0 heterocycles. The molecule has 0 fully saturated rings. The van der Waals surface area contributed by atoms with Crippen LogP contribution in [0.4, 0.5) is 0 Å². The highest BCUT2D eigenvalue weighted by molar-refractivity contribution is 7.98. The van der Waals surface area contributed by atoms with Crippen LogP contribution in [0, 0.1) is 0 Å². The minimum absolute atomic E-state index is 0.00809. The topological polar surface area (TPSA) is 78.4 Å². The maximum atomic E-state index is 12.4. The van der Waals surface area contributed by atoms with Crippen molar-refractivity contribution in [1.82, 2.24) is 10.6 Å². The molecule has 0 radical (unpaired) electrons. The zero-order valence-corrected chi connectivity index (χ0v) is 15.4. The summed E-state index contributed by atoms with van der Waals surface area (Å²) in [5.41, 5.74) is 1.44. The van der Waals surface area contributed by atoms with Gasteiger partial charge in [0.1, 0.15) is 5.70 Å². The highest BCUT2D eigenvalue weighted by Gasteiger charge is 2.14. The standard InChI is InChI=1S/C20H22N2O3S/c1-26-17-10-8-15(9-11-17)14-18(20(25)21-12-5-13-23)22-19(24)16-6-3-2-4-7-16/h2-4,6-11,14,23H,5,12-13H2,1H3,(H,21,25)(H,22,24). The van der Waals surface area contributed by atoms with Crippen LogP contribution in [0.25, 0.3) is 6.08 Å². The first-order valence-electron chi connectivity index (χ1n) is 8.25. The number of nitrogens with one attached hydrogen (secondary N) is 2. The van der Waals surface area contributed by atoms with Crippen LogP contribution in [-0.2, 0) is 4.79 Å². The number of aliphatic hydroxyl groups excluding tert-OH is 1. The van der Waals surface area contributed by atoms with Gasteiger partial charge in [-0.15, -0.1) is 11.8 Å². The van der Waals surface area contributed by atoms with Crippen molar-refractivity contribution in [3.8, 4) is 0 Å². The van der Waals surface area contributed by atoms with Crippen molar-refractivity contribution < 1.29 is 14.7 Å². The monoisotopic (exact) mass is 370 g/mol. The third-order valence-corrected chi connectivity index (χ3v) is 4.32. The number of amides is 2. The normalized spacial score (nSPS) is 11.1. The van der Waals surface area contributed by atoms with Crippen molar-refractivity contribution in [2.24, 2.45) is 0 Å². The van der Waals surface area contributed by atoms with Gasteiger partial charge in [0.25, 0.3) is 11.8 Å². The molecule has 5 nitrogen and oxygen atoms in total. The second-order valence-corrected chi connectivity index (χ2v) is 6.36. The molecule has 0 bridgehead atoms. The van der Waals surface area contributed by atoms with Crippen LogP contribution in [0.1, 0.15) is 22.3 Å². The average molecular weight is 370 g/mol. The average Bonchev–Trinajstić information content (AvgIpc) is 2.68. The molecule has 2 aromatic rings. The van der Waals surface area contributed by atoms with Crippen LogP contribution in [0.3, 0.4) is 0 Å². The van der Waals surface area contributed by atoms with Gasteiger partial charge in [0.05, 0.1) is 0 Å². The van der Waals surface area contributed by atoms with E-state index in [-0.39, 0.29) is 18.2 Å². The zero-order valence-electron chi connectivity index (χ0n) is 14.6. The summed E-state index contributed by atoms with van der Waals surface area (Å²) < 4.78 is 0. The molecule has 0 aliphatic rings. The first-order valence-corrected chi connectivity index (χ1v) is 9.47. The number of carbonyl (C=O) groups is 2. The lowest BCUT2D eigenvalue weighted by atomic mass is 10.1. The third kappa shape index (κ3) is 6.06. The van der Waals surface area contributed by atoms with Crippen LogP contribution in [0.15, 0.2) is 65.2 Å². The highest BCUT2D eigenvalue weighted by atomic mass is 32.2. The Labute approximate surface area is 157 Å². The zero-order chi connectivity index (χ0) is 18.8. The summed E-state index contributed by atoms with van der Waals surface area (Å²) in [6, 6.07) is 16.4. The van der Waals surface area contributed by atoms with E-state index in [9.17, 15) is 9.59 Å². The van der Waals surface area contributed by atoms with E-state index in [1.807, 2.05) is 36.6 Å². The molecule has 6 heteroatoms. The lowest BCUT2D eigenvalue weighted by Gasteiger charge is -2.11. The largest absolute Gasteiger partial charge is 0.396 e. The number of carbonyl (C=O) groups excluding carboxylic acids is 2. The van der Waals surface area contributed by atoms with E-state index >= 15 is 0 Å². The van der Waals surface area contributed by atoms with E-state index < -0.39 is 5.91 Å². The maximum absolute atomic E-state index is 12.4.